The summed E-state index contributed by atoms with van der Waals surface area (Å²) in [5, 5.41) is 22.6. The predicted octanol–water partition coefficient (Wildman–Crippen LogP) is 5.25. The molecule has 0 aliphatic carbocycles. The summed E-state index contributed by atoms with van der Waals surface area (Å²) in [4.78, 5) is 31.4. The summed E-state index contributed by atoms with van der Waals surface area (Å²) in [5.41, 5.74) is 4.06. The number of nitrogens with zero attached hydrogens (tertiary/aromatic N) is 1. The van der Waals surface area contributed by atoms with Gasteiger partial charge in [0.1, 0.15) is 5.76 Å². The van der Waals surface area contributed by atoms with E-state index >= 15 is 0 Å². The Kier molecular flexibility index (Phi) is 6.44. The van der Waals surface area contributed by atoms with E-state index in [1.54, 1.807) is 31.2 Å². The number of carbonyl (C=O) groups is 2. The average Bonchev–Trinajstić information content (AvgIpc) is 3.42. The van der Waals surface area contributed by atoms with Crippen LogP contribution in [0.5, 0.6) is 11.5 Å². The molecule has 4 aromatic rings. The van der Waals surface area contributed by atoms with Gasteiger partial charge in [0.25, 0.3) is 11.7 Å². The third-order valence-electron chi connectivity index (χ3n) is 6.76. The first kappa shape index (κ1) is 24.2. The van der Waals surface area contributed by atoms with Gasteiger partial charge < -0.3 is 24.8 Å². The number of benzene rings is 3. The van der Waals surface area contributed by atoms with Gasteiger partial charge in [-0.15, -0.1) is 0 Å². The third-order valence-corrected chi connectivity index (χ3v) is 6.76. The molecule has 3 aromatic carbocycles. The van der Waals surface area contributed by atoms with Gasteiger partial charge in [-0.25, -0.2) is 0 Å². The zero-order valence-corrected chi connectivity index (χ0v) is 20.7. The lowest BCUT2D eigenvalue weighted by Gasteiger charge is -2.26. The van der Waals surface area contributed by atoms with E-state index < -0.39 is 17.7 Å². The van der Waals surface area contributed by atoms with E-state index in [2.05, 4.69) is 4.98 Å². The fourth-order valence-corrected chi connectivity index (χ4v) is 4.88. The smallest absolute Gasteiger partial charge is 0.295 e. The number of aromatic hydroxyl groups is 1. The number of nitrogens with one attached hydrogen (secondary N) is 1. The molecule has 7 nitrogen and oxygen atoms in total. The van der Waals surface area contributed by atoms with Crippen LogP contribution in [0.4, 0.5) is 0 Å². The molecule has 2 heterocycles. The summed E-state index contributed by atoms with van der Waals surface area (Å²) >= 11 is 0. The van der Waals surface area contributed by atoms with Crippen LogP contribution in [-0.2, 0) is 16.0 Å². The molecule has 3 N–H and O–H groups in total. The molecule has 0 spiro atoms. The number of fused-ring (bicyclic) bond motifs is 1. The number of H-pyrrole nitrogens is 1. The highest BCUT2D eigenvalue weighted by atomic mass is 16.5. The lowest BCUT2D eigenvalue weighted by molar-refractivity contribution is -0.139. The Morgan fingerprint density at radius 2 is 1.81 bits per heavy atom. The molecule has 1 saturated heterocycles. The van der Waals surface area contributed by atoms with Crippen LogP contribution in [0.15, 0.2) is 78.5 Å². The van der Waals surface area contributed by atoms with Crippen molar-refractivity contribution < 1.29 is 24.5 Å². The first-order valence-electron chi connectivity index (χ1n) is 12.2. The number of aromatic amines is 1. The van der Waals surface area contributed by atoms with Crippen molar-refractivity contribution in [2.24, 2.45) is 0 Å². The van der Waals surface area contributed by atoms with Crippen molar-refractivity contribution in [3.8, 4) is 11.5 Å². The van der Waals surface area contributed by atoms with Crippen LogP contribution in [0.25, 0.3) is 16.7 Å². The molecule has 0 saturated carbocycles. The summed E-state index contributed by atoms with van der Waals surface area (Å²) in [6, 6.07) is 18.9. The monoisotopic (exact) mass is 496 g/mol. The minimum Gasteiger partial charge on any atom is -0.507 e. The molecule has 1 atom stereocenters. The number of rotatable bonds is 7. The van der Waals surface area contributed by atoms with Crippen LogP contribution >= 0.6 is 0 Å². The maximum atomic E-state index is 13.3. The number of hydrogen-bond acceptors (Lipinski definition) is 5. The van der Waals surface area contributed by atoms with E-state index in [-0.39, 0.29) is 29.4 Å². The number of phenols is 1. The lowest BCUT2D eigenvalue weighted by Crippen LogP contribution is -2.31. The highest BCUT2D eigenvalue weighted by Gasteiger charge is 2.46. The number of aliphatic hydroxyl groups is 1. The van der Waals surface area contributed by atoms with Gasteiger partial charge in [-0.05, 0) is 49.6 Å². The van der Waals surface area contributed by atoms with E-state index in [4.69, 9.17) is 4.74 Å². The number of ketones is 1. The Bertz CT molecular complexity index is 1520. The fourth-order valence-electron chi connectivity index (χ4n) is 4.88. The van der Waals surface area contributed by atoms with Crippen LogP contribution in [0.2, 0.25) is 0 Å². The number of para-hydroxylation sites is 1. The van der Waals surface area contributed by atoms with E-state index in [1.807, 2.05) is 49.5 Å². The van der Waals surface area contributed by atoms with Crippen LogP contribution in [0.1, 0.15) is 35.2 Å². The van der Waals surface area contributed by atoms with Crippen molar-refractivity contribution in [3.05, 3.63) is 101 Å². The molecule has 37 heavy (non-hydrogen) atoms. The maximum absolute atomic E-state index is 13.3. The Morgan fingerprint density at radius 1 is 1.05 bits per heavy atom. The van der Waals surface area contributed by atoms with Crippen LogP contribution in [-0.4, -0.2) is 44.9 Å². The molecule has 1 unspecified atom stereocenters. The van der Waals surface area contributed by atoms with Crippen molar-refractivity contribution in [3.63, 3.8) is 0 Å². The van der Waals surface area contributed by atoms with E-state index in [1.165, 1.54) is 11.0 Å². The SMILES string of the molecule is CCOc1cc(C2C(=C(O)c3ccc(C)cc3)C(=O)C(=O)N2CCc2c[nH]c3ccccc23)ccc1O. The zero-order chi connectivity index (χ0) is 26.1. The second kappa shape index (κ2) is 9.85. The number of ether oxygens (including phenoxy) is 1. The fraction of sp³-hybridized carbons (Fsp3) is 0.200. The number of aryl methyl sites for hydroxylation is 1. The molecule has 1 aromatic heterocycles. The van der Waals surface area contributed by atoms with E-state index in [0.717, 1.165) is 22.0 Å². The van der Waals surface area contributed by atoms with Crippen LogP contribution in [0, 0.1) is 6.92 Å². The molecule has 1 aliphatic rings. The second-order valence-electron chi connectivity index (χ2n) is 9.13. The predicted molar refractivity (Wildman–Crippen MR) is 141 cm³/mol. The number of amides is 1. The first-order valence-corrected chi connectivity index (χ1v) is 12.2. The quantitative estimate of drug-likeness (QED) is 0.184. The van der Waals surface area contributed by atoms with Gasteiger partial charge in [0, 0.05) is 29.2 Å². The normalized spacial score (nSPS) is 17.0. The van der Waals surface area contributed by atoms with Gasteiger partial charge in [-0.3, -0.25) is 9.59 Å². The number of carbonyl (C=O) groups excluding carboxylic acids is 2. The average molecular weight is 497 g/mol. The lowest BCUT2D eigenvalue weighted by atomic mass is 9.94. The van der Waals surface area contributed by atoms with E-state index in [0.29, 0.717) is 24.2 Å². The van der Waals surface area contributed by atoms with Crippen molar-refractivity contribution in [1.29, 1.82) is 0 Å². The van der Waals surface area contributed by atoms with E-state index in [9.17, 15) is 19.8 Å². The van der Waals surface area contributed by atoms with Gasteiger partial charge in [0.15, 0.2) is 11.5 Å². The maximum Gasteiger partial charge on any atom is 0.295 e. The molecule has 1 aliphatic heterocycles. The topological polar surface area (TPSA) is 103 Å². The van der Waals surface area contributed by atoms with Gasteiger partial charge in [-0.1, -0.05) is 54.1 Å². The number of likely N-dealkylation sites (tertiary alicyclic amines) is 1. The molecule has 188 valence electrons. The molecular weight excluding hydrogens is 468 g/mol. The highest BCUT2D eigenvalue weighted by Crippen LogP contribution is 2.42. The van der Waals surface area contributed by atoms with Gasteiger partial charge in [0.2, 0.25) is 0 Å². The molecule has 1 amide bonds. The Balaban J connectivity index is 1.59. The van der Waals surface area contributed by atoms with Crippen molar-refractivity contribution in [2.45, 2.75) is 26.3 Å². The summed E-state index contributed by atoms with van der Waals surface area (Å²) in [5.74, 6) is -1.45. The number of hydrogen-bond donors (Lipinski definition) is 3. The van der Waals surface area contributed by atoms with Crippen molar-refractivity contribution >= 4 is 28.4 Å². The number of Topliss-reactive ketones (excluding diaryl/α,β-unsaturated/α-hetero) is 1. The number of phenolic OH excluding ortho intramolecular Hbond substituents is 1. The van der Waals surface area contributed by atoms with Gasteiger partial charge >= 0.3 is 0 Å². The molecule has 7 heteroatoms. The molecule has 1 fully saturated rings. The number of aromatic nitrogens is 1. The highest BCUT2D eigenvalue weighted by molar-refractivity contribution is 6.46. The van der Waals surface area contributed by atoms with Crippen molar-refractivity contribution in [2.75, 3.05) is 13.2 Å². The summed E-state index contributed by atoms with van der Waals surface area (Å²) < 4.78 is 5.57. The van der Waals surface area contributed by atoms with Crippen LogP contribution < -0.4 is 4.74 Å². The second-order valence-corrected chi connectivity index (χ2v) is 9.13. The Morgan fingerprint density at radius 3 is 2.57 bits per heavy atom. The van der Waals surface area contributed by atoms with Gasteiger partial charge in [-0.2, -0.15) is 0 Å². The minimum absolute atomic E-state index is 0.0147. The zero-order valence-electron chi connectivity index (χ0n) is 20.7. The van der Waals surface area contributed by atoms with Crippen molar-refractivity contribution in [1.82, 2.24) is 9.88 Å². The Hall–Kier alpha value is -4.52. The molecular formula is C30H28N2O5. The summed E-state index contributed by atoms with van der Waals surface area (Å²) in [7, 11) is 0. The van der Waals surface area contributed by atoms with Gasteiger partial charge in [0.05, 0.1) is 18.2 Å². The number of aliphatic hydroxyl groups excluding tert-OH is 1. The first-order chi connectivity index (χ1) is 17.9. The molecule has 0 bridgehead atoms. The summed E-state index contributed by atoms with van der Waals surface area (Å²) in [6.45, 7) is 4.32. The minimum atomic E-state index is -0.841. The van der Waals surface area contributed by atoms with Crippen LogP contribution in [0.3, 0.4) is 0 Å². The standard InChI is InChI=1S/C30H28N2O5/c1-3-37-25-16-20(12-13-24(25)33)27-26(28(34)19-10-8-18(2)9-11-19)29(35)30(36)32(27)15-14-21-17-31-23-7-5-4-6-22(21)23/h4-13,16-17,27,31,33-34H,3,14-15H2,1-2H3. The summed E-state index contributed by atoms with van der Waals surface area (Å²) in [6.07, 6.45) is 2.42. The molecule has 0 radical (unpaired) electrons. The largest absolute Gasteiger partial charge is 0.507 e. The third kappa shape index (κ3) is 4.44. The molecule has 5 rings (SSSR count). The Labute approximate surface area is 214 Å².